The van der Waals surface area contributed by atoms with Crippen LogP contribution in [0.25, 0.3) is 22.3 Å². The van der Waals surface area contributed by atoms with Crippen molar-refractivity contribution in [3.63, 3.8) is 0 Å². The zero-order valence-electron chi connectivity index (χ0n) is 21.3. The highest BCUT2D eigenvalue weighted by atomic mass is 16.5. The van der Waals surface area contributed by atoms with E-state index in [1.54, 1.807) is 7.11 Å². The maximum atomic E-state index is 11.8. The van der Waals surface area contributed by atoms with E-state index in [0.29, 0.717) is 5.75 Å². The van der Waals surface area contributed by atoms with Gasteiger partial charge in [0.25, 0.3) is 0 Å². The van der Waals surface area contributed by atoms with Crippen molar-refractivity contribution in [3.05, 3.63) is 107 Å². The molecule has 0 saturated heterocycles. The molecule has 0 N–H and O–H groups in total. The minimum absolute atomic E-state index is 0.306. The Hall–Kier alpha value is -3.85. The van der Waals surface area contributed by atoms with Gasteiger partial charge in [-0.3, -0.25) is 4.79 Å². The molecule has 0 spiro atoms. The van der Waals surface area contributed by atoms with E-state index in [0.717, 1.165) is 33.6 Å². The molecule has 4 aromatic carbocycles. The van der Waals surface area contributed by atoms with Gasteiger partial charge in [0.2, 0.25) is 0 Å². The van der Waals surface area contributed by atoms with Crippen LogP contribution in [0.5, 0.6) is 11.5 Å². The van der Waals surface area contributed by atoms with E-state index in [4.69, 9.17) is 9.47 Å². The SMILES string of the molecule is COc1ccc(C(C)(C)c2ccc(OC(C)=O)c(-c3ccc(C)cc3)c2)cc1-c1ccc(C)cc1. The number of benzene rings is 4. The van der Waals surface area contributed by atoms with Crippen molar-refractivity contribution in [2.75, 3.05) is 7.11 Å². The molecule has 0 radical (unpaired) electrons. The predicted octanol–water partition coefficient (Wildman–Crippen LogP) is 7.90. The Labute approximate surface area is 208 Å². The first-order valence-electron chi connectivity index (χ1n) is 11.8. The van der Waals surface area contributed by atoms with Gasteiger partial charge in [0, 0.05) is 23.5 Å². The second-order valence-corrected chi connectivity index (χ2v) is 9.58. The molecule has 0 unspecified atom stereocenters. The Bertz CT molecular complexity index is 1350. The van der Waals surface area contributed by atoms with Crippen molar-refractivity contribution in [1.29, 1.82) is 0 Å². The number of esters is 1. The van der Waals surface area contributed by atoms with Crippen molar-refractivity contribution in [2.24, 2.45) is 0 Å². The minimum Gasteiger partial charge on any atom is -0.496 e. The van der Waals surface area contributed by atoms with Crippen LogP contribution in [0.15, 0.2) is 84.9 Å². The Balaban J connectivity index is 1.82. The van der Waals surface area contributed by atoms with Crippen molar-refractivity contribution >= 4 is 5.97 Å². The van der Waals surface area contributed by atoms with Crippen LogP contribution in [0, 0.1) is 13.8 Å². The maximum Gasteiger partial charge on any atom is 0.308 e. The van der Waals surface area contributed by atoms with Gasteiger partial charge in [-0.05, 0) is 60.4 Å². The van der Waals surface area contributed by atoms with E-state index in [9.17, 15) is 4.79 Å². The lowest BCUT2D eigenvalue weighted by atomic mass is 9.76. The molecule has 0 heterocycles. The minimum atomic E-state index is -0.330. The standard InChI is InChI=1S/C32H32O3/c1-21-7-11-24(12-8-21)28-19-26(15-17-30(28)34-6)32(4,5)27-16-18-31(35-23(3)33)29(20-27)25-13-9-22(2)10-14-25/h7-20H,1-6H3. The first-order chi connectivity index (χ1) is 16.7. The van der Waals surface area contributed by atoms with Crippen LogP contribution in [0.4, 0.5) is 0 Å². The second-order valence-electron chi connectivity index (χ2n) is 9.58. The molecule has 178 valence electrons. The summed E-state index contributed by atoms with van der Waals surface area (Å²) >= 11 is 0. The second kappa shape index (κ2) is 9.79. The number of rotatable bonds is 6. The molecule has 0 amide bonds. The molecule has 0 aromatic heterocycles. The molecule has 0 saturated carbocycles. The summed E-state index contributed by atoms with van der Waals surface area (Å²) in [6.07, 6.45) is 0. The van der Waals surface area contributed by atoms with Crippen molar-refractivity contribution in [3.8, 4) is 33.8 Å². The molecule has 4 rings (SSSR count). The van der Waals surface area contributed by atoms with Gasteiger partial charge in [-0.2, -0.15) is 0 Å². The molecule has 4 aromatic rings. The maximum absolute atomic E-state index is 11.8. The van der Waals surface area contributed by atoms with Crippen LogP contribution < -0.4 is 9.47 Å². The fraction of sp³-hybridized carbons (Fsp3) is 0.219. The normalized spacial score (nSPS) is 11.3. The van der Waals surface area contributed by atoms with Crippen molar-refractivity contribution in [1.82, 2.24) is 0 Å². The lowest BCUT2D eigenvalue weighted by Gasteiger charge is -2.28. The van der Waals surface area contributed by atoms with Gasteiger partial charge in [0.15, 0.2) is 0 Å². The molecule has 0 bridgehead atoms. The highest BCUT2D eigenvalue weighted by Gasteiger charge is 2.26. The number of carbonyl (C=O) groups is 1. The third-order valence-corrected chi connectivity index (χ3v) is 6.60. The molecule has 35 heavy (non-hydrogen) atoms. The van der Waals surface area contributed by atoms with Crippen molar-refractivity contribution < 1.29 is 14.3 Å². The summed E-state index contributed by atoms with van der Waals surface area (Å²) in [5.74, 6) is 1.08. The summed E-state index contributed by atoms with van der Waals surface area (Å²) in [6.45, 7) is 10.0. The van der Waals surface area contributed by atoms with E-state index < -0.39 is 0 Å². The number of aryl methyl sites for hydroxylation is 2. The first-order valence-corrected chi connectivity index (χ1v) is 11.8. The molecular weight excluding hydrogens is 432 g/mol. The van der Waals surface area contributed by atoms with Gasteiger partial charge < -0.3 is 9.47 Å². The molecule has 0 aliphatic heterocycles. The van der Waals surface area contributed by atoms with Gasteiger partial charge in [-0.15, -0.1) is 0 Å². The lowest BCUT2D eigenvalue weighted by molar-refractivity contribution is -0.131. The van der Waals surface area contributed by atoms with E-state index >= 15 is 0 Å². The first kappa shape index (κ1) is 24.3. The van der Waals surface area contributed by atoms with Gasteiger partial charge >= 0.3 is 5.97 Å². The Morgan fingerprint density at radius 1 is 0.657 bits per heavy atom. The predicted molar refractivity (Wildman–Crippen MR) is 143 cm³/mol. The third-order valence-electron chi connectivity index (χ3n) is 6.60. The topological polar surface area (TPSA) is 35.5 Å². The van der Waals surface area contributed by atoms with Crippen LogP contribution in [0.1, 0.15) is 43.0 Å². The molecule has 0 aliphatic rings. The van der Waals surface area contributed by atoms with E-state index in [1.165, 1.54) is 23.6 Å². The Morgan fingerprint density at radius 2 is 1.09 bits per heavy atom. The summed E-state index contributed by atoms with van der Waals surface area (Å²) < 4.78 is 11.3. The van der Waals surface area contributed by atoms with Crippen molar-refractivity contribution in [2.45, 2.75) is 40.0 Å². The van der Waals surface area contributed by atoms with E-state index in [1.807, 2.05) is 18.2 Å². The zero-order chi connectivity index (χ0) is 25.2. The number of methoxy groups -OCH3 is 1. The summed E-state index contributed by atoms with van der Waals surface area (Å²) in [5, 5.41) is 0. The average Bonchev–Trinajstić information content (AvgIpc) is 2.84. The summed E-state index contributed by atoms with van der Waals surface area (Å²) in [5.41, 5.74) is 8.50. The van der Waals surface area contributed by atoms with Crippen LogP contribution in [0.3, 0.4) is 0 Å². The number of hydrogen-bond donors (Lipinski definition) is 0. The third kappa shape index (κ3) is 5.14. The Kier molecular flexibility index (Phi) is 6.79. The van der Waals surface area contributed by atoms with E-state index in [-0.39, 0.29) is 11.4 Å². The van der Waals surface area contributed by atoms with Gasteiger partial charge in [-0.25, -0.2) is 0 Å². The highest BCUT2D eigenvalue weighted by Crippen LogP contribution is 2.41. The van der Waals surface area contributed by atoms with Gasteiger partial charge in [-0.1, -0.05) is 85.6 Å². The van der Waals surface area contributed by atoms with Crippen LogP contribution in [-0.2, 0) is 10.2 Å². The Morgan fingerprint density at radius 3 is 1.51 bits per heavy atom. The fourth-order valence-corrected chi connectivity index (χ4v) is 4.34. The van der Waals surface area contributed by atoms with Crippen LogP contribution in [-0.4, -0.2) is 13.1 Å². The molecular formula is C32H32O3. The zero-order valence-corrected chi connectivity index (χ0v) is 21.3. The number of ether oxygens (including phenoxy) is 2. The molecule has 0 fully saturated rings. The molecule has 0 aliphatic carbocycles. The summed E-state index contributed by atoms with van der Waals surface area (Å²) in [7, 11) is 1.71. The average molecular weight is 465 g/mol. The monoisotopic (exact) mass is 464 g/mol. The summed E-state index contributed by atoms with van der Waals surface area (Å²) in [6, 6.07) is 29.3. The van der Waals surface area contributed by atoms with Crippen LogP contribution >= 0.6 is 0 Å². The largest absolute Gasteiger partial charge is 0.496 e. The highest BCUT2D eigenvalue weighted by molar-refractivity contribution is 5.78. The molecule has 3 nitrogen and oxygen atoms in total. The fourth-order valence-electron chi connectivity index (χ4n) is 4.34. The summed E-state index contributed by atoms with van der Waals surface area (Å²) in [4.78, 5) is 11.8. The van der Waals surface area contributed by atoms with Crippen LogP contribution in [0.2, 0.25) is 0 Å². The molecule has 3 heteroatoms. The van der Waals surface area contributed by atoms with Gasteiger partial charge in [0.1, 0.15) is 11.5 Å². The number of hydrogen-bond acceptors (Lipinski definition) is 3. The molecule has 0 atom stereocenters. The quantitative estimate of drug-likeness (QED) is 0.215. The smallest absolute Gasteiger partial charge is 0.308 e. The number of carbonyl (C=O) groups excluding carboxylic acids is 1. The van der Waals surface area contributed by atoms with E-state index in [2.05, 4.69) is 94.4 Å². The lowest BCUT2D eigenvalue weighted by Crippen LogP contribution is -2.19. The van der Waals surface area contributed by atoms with Gasteiger partial charge in [0.05, 0.1) is 7.11 Å².